The molecule has 1 aliphatic rings. The molecular formula is C12H17N3O. The number of benzene rings is 1. The molecule has 0 atom stereocenters. The minimum Gasteiger partial charge on any atom is -0.383 e. The van der Waals surface area contributed by atoms with Crippen LogP contribution in [-0.4, -0.2) is 31.1 Å². The Balaban J connectivity index is 2.25. The number of nitrogens with zero attached hydrogens (tertiary/aromatic N) is 1. The molecule has 0 fully saturated rings. The van der Waals surface area contributed by atoms with Gasteiger partial charge in [-0.1, -0.05) is 17.7 Å². The van der Waals surface area contributed by atoms with Crippen LogP contribution in [0.25, 0.3) is 0 Å². The van der Waals surface area contributed by atoms with E-state index in [0.717, 1.165) is 18.8 Å². The van der Waals surface area contributed by atoms with Gasteiger partial charge in [0.1, 0.15) is 0 Å². The third-order valence-electron chi connectivity index (χ3n) is 2.82. The molecular weight excluding hydrogens is 202 g/mol. The smallest absolute Gasteiger partial charge is 0.317 e. The zero-order valence-electron chi connectivity index (χ0n) is 9.71. The number of aryl methyl sites for hydroxylation is 1. The Bertz CT molecular complexity index is 403. The third kappa shape index (κ3) is 2.10. The van der Waals surface area contributed by atoms with Gasteiger partial charge in [0, 0.05) is 32.4 Å². The van der Waals surface area contributed by atoms with Crippen LogP contribution >= 0.6 is 0 Å². The molecule has 0 saturated carbocycles. The quantitative estimate of drug-likeness (QED) is 0.695. The molecule has 1 heterocycles. The van der Waals surface area contributed by atoms with Gasteiger partial charge in [-0.2, -0.15) is 0 Å². The molecule has 2 rings (SSSR count). The molecule has 0 aliphatic carbocycles. The van der Waals surface area contributed by atoms with Gasteiger partial charge in [-0.25, -0.2) is 4.79 Å². The van der Waals surface area contributed by atoms with E-state index in [1.165, 1.54) is 11.1 Å². The minimum absolute atomic E-state index is 0.0174. The van der Waals surface area contributed by atoms with Crippen molar-refractivity contribution in [3.63, 3.8) is 0 Å². The number of anilines is 1. The molecule has 0 spiro atoms. The second-order valence-corrected chi connectivity index (χ2v) is 4.06. The Hall–Kier alpha value is -1.71. The maximum Gasteiger partial charge on any atom is 0.317 e. The van der Waals surface area contributed by atoms with Gasteiger partial charge in [0.25, 0.3) is 0 Å². The summed E-state index contributed by atoms with van der Waals surface area (Å²) >= 11 is 0. The fourth-order valence-electron chi connectivity index (χ4n) is 1.97. The van der Waals surface area contributed by atoms with E-state index in [-0.39, 0.29) is 6.03 Å². The summed E-state index contributed by atoms with van der Waals surface area (Å²) in [6, 6.07) is 6.28. The number of carbonyl (C=O) groups is 1. The summed E-state index contributed by atoms with van der Waals surface area (Å²) in [6.45, 7) is 4.26. The first kappa shape index (κ1) is 10.8. The van der Waals surface area contributed by atoms with Crippen LogP contribution in [0.5, 0.6) is 0 Å². The van der Waals surface area contributed by atoms with E-state index in [2.05, 4.69) is 35.8 Å². The second kappa shape index (κ2) is 4.43. The molecule has 16 heavy (non-hydrogen) atoms. The lowest BCUT2D eigenvalue weighted by atomic mass is 10.1. The van der Waals surface area contributed by atoms with Crippen LogP contribution in [0.1, 0.15) is 11.1 Å². The van der Waals surface area contributed by atoms with Gasteiger partial charge >= 0.3 is 6.03 Å². The van der Waals surface area contributed by atoms with Crippen molar-refractivity contribution < 1.29 is 4.79 Å². The second-order valence-electron chi connectivity index (χ2n) is 4.06. The van der Waals surface area contributed by atoms with Crippen LogP contribution in [0.3, 0.4) is 0 Å². The van der Waals surface area contributed by atoms with E-state index < -0.39 is 0 Å². The first-order valence-electron chi connectivity index (χ1n) is 5.51. The molecule has 0 aromatic heterocycles. The normalized spacial score (nSPS) is 14.8. The summed E-state index contributed by atoms with van der Waals surface area (Å²) in [7, 11) is 1.66. The number of hydrogen-bond acceptors (Lipinski definition) is 2. The van der Waals surface area contributed by atoms with Crippen LogP contribution < -0.4 is 10.6 Å². The summed E-state index contributed by atoms with van der Waals surface area (Å²) in [5.41, 5.74) is 3.54. The van der Waals surface area contributed by atoms with Gasteiger partial charge in [0.15, 0.2) is 0 Å². The summed E-state index contributed by atoms with van der Waals surface area (Å²) in [4.78, 5) is 13.4. The van der Waals surface area contributed by atoms with Gasteiger partial charge in [-0.15, -0.1) is 0 Å². The Kier molecular flexibility index (Phi) is 2.99. The number of hydrogen-bond donors (Lipinski definition) is 2. The molecule has 86 valence electrons. The van der Waals surface area contributed by atoms with Gasteiger partial charge in [0.05, 0.1) is 0 Å². The van der Waals surface area contributed by atoms with Crippen LogP contribution in [0.4, 0.5) is 10.5 Å². The van der Waals surface area contributed by atoms with Crippen LogP contribution in [0.2, 0.25) is 0 Å². The van der Waals surface area contributed by atoms with Crippen molar-refractivity contribution >= 4 is 11.7 Å². The summed E-state index contributed by atoms with van der Waals surface area (Å²) in [6.07, 6.45) is 0. The number of carbonyl (C=O) groups excluding carboxylic acids is 1. The van der Waals surface area contributed by atoms with Gasteiger partial charge < -0.3 is 15.5 Å². The van der Waals surface area contributed by atoms with E-state index in [9.17, 15) is 4.79 Å². The highest BCUT2D eigenvalue weighted by Crippen LogP contribution is 2.21. The zero-order chi connectivity index (χ0) is 11.5. The maximum absolute atomic E-state index is 11.6. The van der Waals surface area contributed by atoms with E-state index in [1.807, 2.05) is 4.90 Å². The van der Waals surface area contributed by atoms with Crippen LogP contribution in [0, 0.1) is 6.92 Å². The molecule has 0 bridgehead atoms. The van der Waals surface area contributed by atoms with Crippen LogP contribution in [-0.2, 0) is 6.54 Å². The monoisotopic (exact) mass is 219 g/mol. The predicted octanol–water partition coefficient (Wildman–Crippen LogP) is 1.56. The van der Waals surface area contributed by atoms with Crippen molar-refractivity contribution in [1.82, 2.24) is 10.2 Å². The Morgan fingerprint density at radius 2 is 2.31 bits per heavy atom. The number of rotatable bonds is 0. The van der Waals surface area contributed by atoms with Crippen LogP contribution in [0.15, 0.2) is 18.2 Å². The van der Waals surface area contributed by atoms with Gasteiger partial charge in [0.2, 0.25) is 0 Å². The highest BCUT2D eigenvalue weighted by atomic mass is 16.2. The van der Waals surface area contributed by atoms with E-state index >= 15 is 0 Å². The first-order valence-corrected chi connectivity index (χ1v) is 5.51. The summed E-state index contributed by atoms with van der Waals surface area (Å²) in [5.74, 6) is 0. The molecule has 4 heteroatoms. The highest BCUT2D eigenvalue weighted by molar-refractivity contribution is 5.74. The van der Waals surface area contributed by atoms with Crippen molar-refractivity contribution in [2.24, 2.45) is 0 Å². The average molecular weight is 219 g/mol. The maximum atomic E-state index is 11.6. The fraction of sp³-hybridized carbons (Fsp3) is 0.417. The van der Waals surface area contributed by atoms with Gasteiger partial charge in [-0.05, 0) is 18.6 Å². The lowest BCUT2D eigenvalue weighted by Gasteiger charge is -2.19. The molecule has 1 aliphatic heterocycles. The number of urea groups is 1. The van der Waals surface area contributed by atoms with Gasteiger partial charge in [-0.3, -0.25) is 0 Å². The SMILES string of the molecule is CNC(=O)N1CCNc2ccc(C)cc2C1. The first-order chi connectivity index (χ1) is 7.70. The zero-order valence-corrected chi connectivity index (χ0v) is 9.71. The van der Waals surface area contributed by atoms with Crippen molar-refractivity contribution in [3.8, 4) is 0 Å². The van der Waals surface area contributed by atoms with E-state index in [1.54, 1.807) is 7.05 Å². The average Bonchev–Trinajstić information content (AvgIpc) is 2.49. The lowest BCUT2D eigenvalue weighted by molar-refractivity contribution is 0.200. The Labute approximate surface area is 95.6 Å². The van der Waals surface area contributed by atoms with Crippen molar-refractivity contribution in [3.05, 3.63) is 29.3 Å². The summed E-state index contributed by atoms with van der Waals surface area (Å²) < 4.78 is 0. The van der Waals surface area contributed by atoms with Crippen molar-refractivity contribution in [1.29, 1.82) is 0 Å². The molecule has 2 amide bonds. The lowest BCUT2D eigenvalue weighted by Crippen LogP contribution is -2.38. The Morgan fingerprint density at radius 3 is 3.06 bits per heavy atom. The highest BCUT2D eigenvalue weighted by Gasteiger charge is 2.17. The third-order valence-corrected chi connectivity index (χ3v) is 2.82. The number of amides is 2. The van der Waals surface area contributed by atoms with Crippen molar-refractivity contribution in [2.45, 2.75) is 13.5 Å². The molecule has 4 nitrogen and oxygen atoms in total. The summed E-state index contributed by atoms with van der Waals surface area (Å²) in [5, 5.41) is 6.01. The molecule has 0 radical (unpaired) electrons. The van der Waals surface area contributed by atoms with Crippen molar-refractivity contribution in [2.75, 3.05) is 25.5 Å². The molecule has 1 aromatic carbocycles. The standard InChI is InChI=1S/C12H17N3O/c1-9-3-4-11-10(7-9)8-15(6-5-14-11)12(16)13-2/h3-4,7,14H,5-6,8H2,1-2H3,(H,13,16). The molecule has 0 unspecified atom stereocenters. The van der Waals surface area contributed by atoms with E-state index in [0.29, 0.717) is 6.54 Å². The topological polar surface area (TPSA) is 44.4 Å². The molecule has 2 N–H and O–H groups in total. The predicted molar refractivity (Wildman–Crippen MR) is 64.5 cm³/mol. The largest absolute Gasteiger partial charge is 0.383 e. The number of nitrogens with one attached hydrogen (secondary N) is 2. The Morgan fingerprint density at radius 1 is 1.50 bits per heavy atom. The number of fused-ring (bicyclic) bond motifs is 1. The fourth-order valence-corrected chi connectivity index (χ4v) is 1.97. The minimum atomic E-state index is -0.0174. The van der Waals surface area contributed by atoms with E-state index in [4.69, 9.17) is 0 Å². The molecule has 0 saturated heterocycles. The molecule has 1 aromatic rings.